The van der Waals surface area contributed by atoms with E-state index in [-0.39, 0.29) is 16.7 Å². The van der Waals surface area contributed by atoms with E-state index in [0.29, 0.717) is 29.4 Å². The number of nitrogens with zero attached hydrogens (tertiary/aromatic N) is 6. The van der Waals surface area contributed by atoms with Crippen molar-refractivity contribution < 1.29 is 4.79 Å². The van der Waals surface area contributed by atoms with E-state index in [4.69, 9.17) is 0 Å². The molecular formula is C23H24N6O2S. The highest BCUT2D eigenvalue weighted by molar-refractivity contribution is 8.00. The Balaban J connectivity index is 1.35. The normalized spacial score (nSPS) is 15.4. The van der Waals surface area contributed by atoms with E-state index in [1.807, 2.05) is 52.6 Å². The van der Waals surface area contributed by atoms with Gasteiger partial charge in [0, 0.05) is 38.9 Å². The summed E-state index contributed by atoms with van der Waals surface area (Å²) in [7, 11) is 1.69. The van der Waals surface area contributed by atoms with E-state index in [2.05, 4.69) is 27.2 Å². The van der Waals surface area contributed by atoms with Gasteiger partial charge in [0.25, 0.3) is 5.56 Å². The molecule has 0 saturated carbocycles. The Kier molecular flexibility index (Phi) is 5.34. The fourth-order valence-electron chi connectivity index (χ4n) is 4.18. The molecule has 32 heavy (non-hydrogen) atoms. The van der Waals surface area contributed by atoms with Crippen LogP contribution < -0.4 is 10.5 Å². The second kappa shape index (κ2) is 8.31. The molecule has 0 radical (unpaired) electrons. The van der Waals surface area contributed by atoms with E-state index in [1.54, 1.807) is 13.1 Å². The summed E-state index contributed by atoms with van der Waals surface area (Å²) in [5.41, 5.74) is 1.82. The van der Waals surface area contributed by atoms with Gasteiger partial charge in [-0.15, -0.1) is 10.2 Å². The van der Waals surface area contributed by atoms with Gasteiger partial charge < -0.3 is 9.80 Å². The Morgan fingerprint density at radius 2 is 1.66 bits per heavy atom. The van der Waals surface area contributed by atoms with E-state index in [1.165, 1.54) is 22.0 Å². The number of piperazine rings is 1. The third kappa shape index (κ3) is 3.52. The van der Waals surface area contributed by atoms with Crippen LogP contribution >= 0.6 is 11.8 Å². The number of aryl methyl sites for hydroxylation is 1. The Hall–Kier alpha value is -3.33. The molecule has 1 aliphatic rings. The summed E-state index contributed by atoms with van der Waals surface area (Å²) in [4.78, 5) is 30.0. The average molecular weight is 449 g/mol. The predicted molar refractivity (Wildman–Crippen MR) is 126 cm³/mol. The first-order valence-corrected chi connectivity index (χ1v) is 11.5. The fraction of sp³-hybridized carbons (Fsp3) is 0.304. The molecule has 0 aliphatic carbocycles. The van der Waals surface area contributed by atoms with Crippen molar-refractivity contribution in [3.63, 3.8) is 0 Å². The van der Waals surface area contributed by atoms with Crippen LogP contribution in [0.4, 0.5) is 5.69 Å². The smallest absolute Gasteiger partial charge is 0.262 e. The summed E-state index contributed by atoms with van der Waals surface area (Å²) < 4.78 is 3.35. The molecule has 1 amide bonds. The van der Waals surface area contributed by atoms with Gasteiger partial charge in [0.05, 0.1) is 16.2 Å². The van der Waals surface area contributed by atoms with Gasteiger partial charge in [-0.05, 0) is 31.2 Å². The van der Waals surface area contributed by atoms with Crippen molar-refractivity contribution in [1.29, 1.82) is 0 Å². The maximum absolute atomic E-state index is 13.2. The van der Waals surface area contributed by atoms with Crippen molar-refractivity contribution in [2.75, 3.05) is 31.1 Å². The molecule has 1 atom stereocenters. The summed E-state index contributed by atoms with van der Waals surface area (Å²) in [6, 6.07) is 17.7. The van der Waals surface area contributed by atoms with Crippen LogP contribution in [0.15, 0.2) is 64.5 Å². The first kappa shape index (κ1) is 20.6. The Labute approximate surface area is 189 Å². The largest absolute Gasteiger partial charge is 0.368 e. The third-order valence-corrected chi connectivity index (χ3v) is 6.97. The average Bonchev–Trinajstić information content (AvgIpc) is 3.26. The summed E-state index contributed by atoms with van der Waals surface area (Å²) in [6.07, 6.45) is 0. The first-order valence-electron chi connectivity index (χ1n) is 10.6. The van der Waals surface area contributed by atoms with E-state index in [9.17, 15) is 9.59 Å². The van der Waals surface area contributed by atoms with Crippen LogP contribution in [0, 0.1) is 0 Å². The van der Waals surface area contributed by atoms with E-state index < -0.39 is 0 Å². The van der Waals surface area contributed by atoms with Crippen molar-refractivity contribution in [2.24, 2.45) is 7.05 Å². The molecule has 1 saturated heterocycles. The van der Waals surface area contributed by atoms with E-state index in [0.717, 1.165) is 18.6 Å². The standard InChI is InChI=1S/C23H24N6O2S/c1-16(20(30)28-14-12-27(13-15-28)17-8-4-3-5-9-17)32-23-25-24-22-26(2)21(31)18-10-6-7-11-19(18)29(22)23/h3-11,16H,12-15H2,1-2H3. The number of para-hydroxylation sites is 2. The molecule has 2 aromatic heterocycles. The van der Waals surface area contributed by atoms with Gasteiger partial charge in [-0.1, -0.05) is 42.1 Å². The van der Waals surface area contributed by atoms with Crippen LogP contribution in [0.3, 0.4) is 0 Å². The number of amides is 1. The summed E-state index contributed by atoms with van der Waals surface area (Å²) in [5.74, 6) is 0.556. The number of hydrogen-bond donors (Lipinski definition) is 0. The van der Waals surface area contributed by atoms with Crippen LogP contribution in [-0.2, 0) is 11.8 Å². The van der Waals surface area contributed by atoms with Crippen molar-refractivity contribution in [3.8, 4) is 0 Å². The zero-order valence-electron chi connectivity index (χ0n) is 18.0. The molecule has 164 valence electrons. The Bertz CT molecular complexity index is 1340. The maximum atomic E-state index is 13.2. The summed E-state index contributed by atoms with van der Waals surface area (Å²) in [5, 5.41) is 9.41. The molecule has 0 spiro atoms. The molecular weight excluding hydrogens is 424 g/mol. The molecule has 8 nitrogen and oxygen atoms in total. The second-order valence-electron chi connectivity index (χ2n) is 7.91. The van der Waals surface area contributed by atoms with Crippen LogP contribution in [0.1, 0.15) is 6.92 Å². The number of rotatable bonds is 4. The highest BCUT2D eigenvalue weighted by atomic mass is 32.2. The van der Waals surface area contributed by atoms with Crippen molar-refractivity contribution >= 4 is 40.0 Å². The maximum Gasteiger partial charge on any atom is 0.262 e. The highest BCUT2D eigenvalue weighted by Crippen LogP contribution is 2.26. The number of thioether (sulfide) groups is 1. The number of carbonyl (C=O) groups is 1. The molecule has 9 heteroatoms. The molecule has 5 rings (SSSR count). The minimum absolute atomic E-state index is 0.0913. The van der Waals surface area contributed by atoms with Gasteiger partial charge in [0.2, 0.25) is 11.7 Å². The molecule has 1 unspecified atom stereocenters. The minimum Gasteiger partial charge on any atom is -0.368 e. The van der Waals surface area contributed by atoms with Crippen LogP contribution in [0.2, 0.25) is 0 Å². The quantitative estimate of drug-likeness (QED) is 0.447. The molecule has 0 bridgehead atoms. The fourth-order valence-corrected chi connectivity index (χ4v) is 5.12. The molecule has 2 aromatic carbocycles. The monoisotopic (exact) mass is 448 g/mol. The zero-order valence-corrected chi connectivity index (χ0v) is 18.8. The second-order valence-corrected chi connectivity index (χ2v) is 9.22. The van der Waals surface area contributed by atoms with Crippen molar-refractivity contribution in [3.05, 3.63) is 65.0 Å². The number of aromatic nitrogens is 4. The molecule has 0 N–H and O–H groups in total. The van der Waals surface area contributed by atoms with Gasteiger partial charge in [-0.25, -0.2) is 0 Å². The Morgan fingerprint density at radius 3 is 2.41 bits per heavy atom. The van der Waals surface area contributed by atoms with Gasteiger partial charge in [0.1, 0.15) is 0 Å². The number of carbonyl (C=O) groups excluding carboxylic acids is 1. The number of benzene rings is 2. The number of anilines is 1. The molecule has 3 heterocycles. The first-order chi connectivity index (χ1) is 15.5. The van der Waals surface area contributed by atoms with Crippen molar-refractivity contribution in [1.82, 2.24) is 24.1 Å². The zero-order chi connectivity index (χ0) is 22.2. The number of hydrogen-bond acceptors (Lipinski definition) is 6. The van der Waals surface area contributed by atoms with Gasteiger partial charge in [-0.2, -0.15) is 0 Å². The molecule has 1 fully saturated rings. The van der Waals surface area contributed by atoms with Crippen LogP contribution in [0.25, 0.3) is 16.7 Å². The van der Waals surface area contributed by atoms with Gasteiger partial charge in [-0.3, -0.25) is 18.6 Å². The highest BCUT2D eigenvalue weighted by Gasteiger charge is 2.27. The molecule has 4 aromatic rings. The lowest BCUT2D eigenvalue weighted by Crippen LogP contribution is -2.50. The third-order valence-electron chi connectivity index (χ3n) is 5.94. The lowest BCUT2D eigenvalue weighted by Gasteiger charge is -2.37. The van der Waals surface area contributed by atoms with Crippen LogP contribution in [0.5, 0.6) is 0 Å². The van der Waals surface area contributed by atoms with Crippen LogP contribution in [-0.4, -0.2) is 61.4 Å². The topological polar surface area (TPSA) is 75.7 Å². The lowest BCUT2D eigenvalue weighted by atomic mass is 10.2. The summed E-state index contributed by atoms with van der Waals surface area (Å²) in [6.45, 7) is 4.91. The van der Waals surface area contributed by atoms with Gasteiger partial charge >= 0.3 is 0 Å². The lowest BCUT2D eigenvalue weighted by molar-refractivity contribution is -0.130. The van der Waals surface area contributed by atoms with Gasteiger partial charge in [0.15, 0.2) is 5.16 Å². The molecule has 1 aliphatic heterocycles. The SMILES string of the molecule is CC(Sc1nnc2n(C)c(=O)c3ccccc3n12)C(=O)N1CCN(c2ccccc2)CC1. The van der Waals surface area contributed by atoms with Crippen molar-refractivity contribution in [2.45, 2.75) is 17.3 Å². The predicted octanol–water partition coefficient (Wildman–Crippen LogP) is 2.41. The summed E-state index contributed by atoms with van der Waals surface area (Å²) >= 11 is 1.38. The number of fused-ring (bicyclic) bond motifs is 3. The van der Waals surface area contributed by atoms with E-state index >= 15 is 0 Å². The Morgan fingerprint density at radius 1 is 0.969 bits per heavy atom. The minimum atomic E-state index is -0.318.